The third-order valence-corrected chi connectivity index (χ3v) is 6.20. The van der Waals surface area contributed by atoms with Crippen LogP contribution in [0.15, 0.2) is 68.4 Å². The fraction of sp³-hybridized carbons (Fsp3) is 0.0455. The summed E-state index contributed by atoms with van der Waals surface area (Å²) in [5, 5.41) is 8.83. The number of carboxylic acid groups (broad SMARTS) is 1. The molecule has 0 saturated carbocycles. The normalized spacial score (nSPS) is 15.2. The minimum absolute atomic E-state index is 0.00341. The van der Waals surface area contributed by atoms with Gasteiger partial charge in [-0.1, -0.05) is 45.7 Å². The van der Waals surface area contributed by atoms with Gasteiger partial charge < -0.3 is 9.52 Å². The Kier molecular flexibility index (Phi) is 6.04. The van der Waals surface area contributed by atoms with E-state index in [1.165, 1.54) is 23.1 Å². The Bertz CT molecular complexity index is 1250. The maximum absolute atomic E-state index is 12.7. The van der Waals surface area contributed by atoms with Crippen molar-refractivity contribution in [2.24, 2.45) is 0 Å². The Labute approximate surface area is 194 Å². The highest BCUT2D eigenvalue weighted by Gasteiger charge is 2.35. The Balaban J connectivity index is 1.54. The van der Waals surface area contributed by atoms with Gasteiger partial charge in [0.15, 0.2) is 0 Å². The first-order chi connectivity index (χ1) is 14.8. The number of rotatable bonds is 5. The number of nitrogens with zero attached hydrogens (tertiary/aromatic N) is 1. The molecule has 0 unspecified atom stereocenters. The van der Waals surface area contributed by atoms with Crippen molar-refractivity contribution in [3.05, 3.63) is 85.9 Å². The quantitative estimate of drug-likeness (QED) is 0.399. The molecule has 0 spiro atoms. The van der Waals surface area contributed by atoms with Crippen molar-refractivity contribution in [1.29, 1.82) is 0 Å². The van der Waals surface area contributed by atoms with E-state index in [1.54, 1.807) is 18.2 Å². The van der Waals surface area contributed by atoms with Crippen LogP contribution in [0.5, 0.6) is 0 Å². The molecule has 0 radical (unpaired) electrons. The van der Waals surface area contributed by atoms with Gasteiger partial charge in [0.2, 0.25) is 0 Å². The summed E-state index contributed by atoms with van der Waals surface area (Å²) in [7, 11) is 0. The Morgan fingerprint density at radius 3 is 2.68 bits per heavy atom. The number of aromatic carboxylic acids is 1. The second kappa shape index (κ2) is 8.74. The lowest BCUT2D eigenvalue weighted by Gasteiger charge is -2.12. The van der Waals surface area contributed by atoms with Crippen molar-refractivity contribution >= 4 is 62.5 Å². The Morgan fingerprint density at radius 2 is 1.97 bits per heavy atom. The molecular weight excluding hydrogens is 506 g/mol. The molecule has 4 rings (SSSR count). The van der Waals surface area contributed by atoms with Crippen LogP contribution in [0.4, 0.5) is 4.79 Å². The van der Waals surface area contributed by atoms with Crippen molar-refractivity contribution in [3.8, 4) is 11.3 Å². The number of carboxylic acids is 1. The van der Waals surface area contributed by atoms with Crippen molar-refractivity contribution in [3.63, 3.8) is 0 Å². The highest BCUT2D eigenvalue weighted by molar-refractivity contribution is 9.10. The lowest BCUT2D eigenvalue weighted by Crippen LogP contribution is -2.27. The van der Waals surface area contributed by atoms with E-state index in [9.17, 15) is 14.4 Å². The molecule has 0 bridgehead atoms. The minimum atomic E-state index is -1.12. The zero-order valence-corrected chi connectivity index (χ0v) is 18.8. The summed E-state index contributed by atoms with van der Waals surface area (Å²) >= 11 is 10.3. The molecule has 1 aromatic heterocycles. The number of carbonyl (C=O) groups excluding carboxylic acids is 2. The summed E-state index contributed by atoms with van der Waals surface area (Å²) in [6.07, 6.45) is 1.52. The van der Waals surface area contributed by atoms with Gasteiger partial charge in [0.25, 0.3) is 11.1 Å². The van der Waals surface area contributed by atoms with Crippen molar-refractivity contribution in [2.75, 3.05) is 0 Å². The number of thioether (sulfide) groups is 1. The van der Waals surface area contributed by atoms with Crippen LogP contribution in [0.25, 0.3) is 17.4 Å². The van der Waals surface area contributed by atoms with Gasteiger partial charge in [0.05, 0.1) is 22.0 Å². The molecule has 2 aromatic carbocycles. The smallest absolute Gasteiger partial charge is 0.337 e. The van der Waals surface area contributed by atoms with Gasteiger partial charge in [0, 0.05) is 16.1 Å². The number of benzene rings is 2. The van der Waals surface area contributed by atoms with Crippen LogP contribution in [-0.2, 0) is 11.3 Å². The minimum Gasteiger partial charge on any atom is -0.478 e. The summed E-state index contributed by atoms with van der Waals surface area (Å²) in [4.78, 5) is 37.6. The lowest BCUT2D eigenvalue weighted by atomic mass is 10.1. The number of furan rings is 1. The van der Waals surface area contributed by atoms with Crippen LogP contribution < -0.4 is 0 Å². The highest BCUT2D eigenvalue weighted by atomic mass is 79.9. The molecule has 1 N–H and O–H groups in total. The van der Waals surface area contributed by atoms with E-state index in [1.807, 2.05) is 24.3 Å². The van der Waals surface area contributed by atoms with Gasteiger partial charge in [-0.05, 0) is 53.7 Å². The van der Waals surface area contributed by atoms with E-state index in [0.717, 1.165) is 21.8 Å². The molecule has 2 amide bonds. The van der Waals surface area contributed by atoms with Crippen molar-refractivity contribution in [2.45, 2.75) is 6.54 Å². The molecule has 1 aliphatic rings. The number of imide groups is 1. The number of carbonyl (C=O) groups is 3. The zero-order valence-electron chi connectivity index (χ0n) is 15.7. The van der Waals surface area contributed by atoms with Gasteiger partial charge in [-0.15, -0.1) is 0 Å². The van der Waals surface area contributed by atoms with Crippen LogP contribution in [0.1, 0.15) is 21.7 Å². The predicted octanol–water partition coefficient (Wildman–Crippen LogP) is 6.30. The molecule has 1 aliphatic heterocycles. The van der Waals surface area contributed by atoms with E-state index in [-0.39, 0.29) is 33.2 Å². The fourth-order valence-corrected chi connectivity index (χ4v) is 4.54. The SMILES string of the molecule is O=C(O)c1ccc(-c2ccc(/C=C3\SC(=O)N(Cc4cccc(Br)c4)C3=O)o2)cc1Cl. The van der Waals surface area contributed by atoms with E-state index in [2.05, 4.69) is 15.9 Å². The molecule has 3 aromatic rings. The summed E-state index contributed by atoms with van der Waals surface area (Å²) < 4.78 is 6.62. The standard InChI is InChI=1S/C22H13BrClNO5S/c23-14-3-1-2-12(8-14)11-25-20(26)19(31-22(25)29)10-15-5-7-18(30-15)13-4-6-16(21(27)28)17(24)9-13/h1-10H,11H2,(H,27,28)/b19-10-. The highest BCUT2D eigenvalue weighted by Crippen LogP contribution is 2.35. The number of amides is 2. The molecule has 156 valence electrons. The summed E-state index contributed by atoms with van der Waals surface area (Å²) in [6, 6.07) is 15.2. The van der Waals surface area contributed by atoms with E-state index >= 15 is 0 Å². The monoisotopic (exact) mass is 517 g/mol. The molecule has 6 nitrogen and oxygen atoms in total. The molecule has 9 heteroatoms. The largest absolute Gasteiger partial charge is 0.478 e. The second-order valence-corrected chi connectivity index (χ2v) is 8.92. The summed E-state index contributed by atoms with van der Waals surface area (Å²) in [6.45, 7) is 0.180. The number of halogens is 2. The average molecular weight is 519 g/mol. The maximum atomic E-state index is 12.7. The van der Waals surface area contributed by atoms with Crippen LogP contribution in [0, 0.1) is 0 Å². The topological polar surface area (TPSA) is 87.8 Å². The van der Waals surface area contributed by atoms with Crippen LogP contribution in [0.3, 0.4) is 0 Å². The Hall–Kier alpha value is -2.81. The zero-order chi connectivity index (χ0) is 22.1. The molecule has 1 fully saturated rings. The third-order valence-electron chi connectivity index (χ3n) is 4.49. The van der Waals surface area contributed by atoms with E-state index in [0.29, 0.717) is 17.1 Å². The van der Waals surface area contributed by atoms with Crippen molar-refractivity contribution in [1.82, 2.24) is 4.90 Å². The van der Waals surface area contributed by atoms with Gasteiger partial charge in [-0.2, -0.15) is 0 Å². The van der Waals surface area contributed by atoms with Gasteiger partial charge >= 0.3 is 5.97 Å². The summed E-state index contributed by atoms with van der Waals surface area (Å²) in [5.41, 5.74) is 1.42. The van der Waals surface area contributed by atoms with Crippen LogP contribution >= 0.6 is 39.3 Å². The van der Waals surface area contributed by atoms with E-state index < -0.39 is 5.97 Å². The molecule has 31 heavy (non-hydrogen) atoms. The number of hydrogen-bond donors (Lipinski definition) is 1. The van der Waals surface area contributed by atoms with Crippen molar-refractivity contribution < 1.29 is 23.9 Å². The fourth-order valence-electron chi connectivity index (χ4n) is 3.01. The number of hydrogen-bond acceptors (Lipinski definition) is 5. The Morgan fingerprint density at radius 1 is 1.16 bits per heavy atom. The average Bonchev–Trinajstić information content (AvgIpc) is 3.28. The first kappa shape index (κ1) is 21.4. The molecule has 2 heterocycles. The second-order valence-electron chi connectivity index (χ2n) is 6.60. The molecule has 0 atom stereocenters. The van der Waals surface area contributed by atoms with E-state index in [4.69, 9.17) is 21.1 Å². The first-order valence-corrected chi connectivity index (χ1v) is 10.9. The molecule has 1 saturated heterocycles. The molecule has 0 aliphatic carbocycles. The lowest BCUT2D eigenvalue weighted by molar-refractivity contribution is -0.123. The summed E-state index contributed by atoms with van der Waals surface area (Å²) in [5.74, 6) is -0.656. The predicted molar refractivity (Wildman–Crippen MR) is 122 cm³/mol. The maximum Gasteiger partial charge on any atom is 0.337 e. The van der Waals surface area contributed by atoms with Crippen LogP contribution in [-0.4, -0.2) is 27.1 Å². The van der Waals surface area contributed by atoms with Gasteiger partial charge in [-0.3, -0.25) is 14.5 Å². The third kappa shape index (κ3) is 4.61. The first-order valence-electron chi connectivity index (χ1n) is 8.94. The van der Waals surface area contributed by atoms with Gasteiger partial charge in [-0.25, -0.2) is 4.79 Å². The van der Waals surface area contributed by atoms with Crippen LogP contribution in [0.2, 0.25) is 5.02 Å². The molecular formula is C22H13BrClNO5S. The van der Waals surface area contributed by atoms with Gasteiger partial charge in [0.1, 0.15) is 11.5 Å².